The summed E-state index contributed by atoms with van der Waals surface area (Å²) in [5.41, 5.74) is 5.21. The van der Waals surface area contributed by atoms with Gasteiger partial charge in [-0.2, -0.15) is 0 Å². The SMILES string of the molecule is CCC(C)[C@@H](N)C(=O)[O-]. The average Bonchev–Trinajstić information content (AvgIpc) is 1.84. The molecule has 0 rings (SSSR count). The Morgan fingerprint density at radius 2 is 2.22 bits per heavy atom. The van der Waals surface area contributed by atoms with Gasteiger partial charge in [-0.25, -0.2) is 0 Å². The molecule has 0 bridgehead atoms. The lowest BCUT2D eigenvalue weighted by Crippen LogP contribution is -2.45. The van der Waals surface area contributed by atoms with E-state index in [9.17, 15) is 9.90 Å². The topological polar surface area (TPSA) is 66.2 Å². The molecule has 0 radical (unpaired) electrons. The van der Waals surface area contributed by atoms with Crippen molar-refractivity contribution >= 4 is 5.97 Å². The fraction of sp³-hybridized carbons (Fsp3) is 0.833. The van der Waals surface area contributed by atoms with Crippen molar-refractivity contribution in [2.75, 3.05) is 0 Å². The third-order valence-corrected chi connectivity index (χ3v) is 1.53. The molecule has 0 saturated heterocycles. The summed E-state index contributed by atoms with van der Waals surface area (Å²) in [6.07, 6.45) is 0.773. The third kappa shape index (κ3) is 2.46. The normalized spacial score (nSPS) is 16.8. The summed E-state index contributed by atoms with van der Waals surface area (Å²) in [5.74, 6) is -1.15. The maximum Gasteiger partial charge on any atom is 0.0584 e. The molecule has 3 nitrogen and oxygen atoms in total. The van der Waals surface area contributed by atoms with Gasteiger partial charge in [0.05, 0.1) is 5.97 Å². The molecular weight excluding hydrogens is 118 g/mol. The van der Waals surface area contributed by atoms with Crippen molar-refractivity contribution in [3.8, 4) is 0 Å². The monoisotopic (exact) mass is 130 g/mol. The number of carbonyl (C=O) groups is 1. The number of hydrogen-bond donors (Lipinski definition) is 1. The Balaban J connectivity index is 3.72. The lowest BCUT2D eigenvalue weighted by molar-refractivity contribution is -0.308. The van der Waals surface area contributed by atoms with Crippen LogP contribution in [0.15, 0.2) is 0 Å². The van der Waals surface area contributed by atoms with E-state index in [2.05, 4.69) is 0 Å². The molecular formula is C6H12NO2-. The van der Waals surface area contributed by atoms with E-state index in [1.54, 1.807) is 6.92 Å². The standard InChI is InChI=1S/C6H13NO2/c1-3-4(2)5(7)6(8)9/h4-5H,3,7H2,1-2H3,(H,8,9)/p-1/t4?,5-/m1/s1. The maximum atomic E-state index is 10.1. The number of hydrogen-bond acceptors (Lipinski definition) is 3. The molecule has 2 N–H and O–H groups in total. The molecule has 0 fully saturated rings. The Kier molecular flexibility index (Phi) is 3.24. The molecule has 0 aromatic heterocycles. The number of carboxylic acid groups (broad SMARTS) is 1. The fourth-order valence-electron chi connectivity index (χ4n) is 0.486. The summed E-state index contributed by atoms with van der Waals surface area (Å²) in [7, 11) is 0. The van der Waals surface area contributed by atoms with E-state index in [1.165, 1.54) is 0 Å². The van der Waals surface area contributed by atoms with Crippen LogP contribution in [0.3, 0.4) is 0 Å². The molecule has 0 aliphatic heterocycles. The molecule has 0 heterocycles. The zero-order valence-corrected chi connectivity index (χ0v) is 5.76. The van der Waals surface area contributed by atoms with Crippen molar-refractivity contribution in [2.24, 2.45) is 11.7 Å². The van der Waals surface area contributed by atoms with Crippen molar-refractivity contribution in [2.45, 2.75) is 26.3 Å². The molecule has 1 unspecified atom stereocenters. The van der Waals surface area contributed by atoms with Gasteiger partial charge in [-0.1, -0.05) is 20.3 Å². The van der Waals surface area contributed by atoms with Gasteiger partial charge < -0.3 is 15.6 Å². The van der Waals surface area contributed by atoms with Crippen molar-refractivity contribution in [1.29, 1.82) is 0 Å². The number of aliphatic carboxylic acids is 1. The predicted molar refractivity (Wildman–Crippen MR) is 32.4 cm³/mol. The second kappa shape index (κ2) is 3.45. The third-order valence-electron chi connectivity index (χ3n) is 1.53. The Bertz CT molecular complexity index is 103. The zero-order chi connectivity index (χ0) is 7.44. The summed E-state index contributed by atoms with van der Waals surface area (Å²) >= 11 is 0. The zero-order valence-electron chi connectivity index (χ0n) is 5.76. The maximum absolute atomic E-state index is 10.1. The molecule has 0 aromatic rings. The first-order valence-corrected chi connectivity index (χ1v) is 3.06. The Morgan fingerprint density at radius 3 is 2.33 bits per heavy atom. The minimum Gasteiger partial charge on any atom is -0.548 e. The first-order valence-electron chi connectivity index (χ1n) is 3.06. The molecule has 3 heteroatoms. The first-order chi connectivity index (χ1) is 4.09. The lowest BCUT2D eigenvalue weighted by Gasteiger charge is -2.18. The van der Waals surface area contributed by atoms with E-state index in [1.807, 2.05) is 6.92 Å². The average molecular weight is 130 g/mol. The highest BCUT2D eigenvalue weighted by Gasteiger charge is 2.10. The number of carboxylic acids is 1. The molecule has 2 atom stereocenters. The number of nitrogens with two attached hydrogens (primary N) is 1. The van der Waals surface area contributed by atoms with Crippen molar-refractivity contribution in [3.63, 3.8) is 0 Å². The molecule has 0 saturated carbocycles. The minimum absolute atomic E-state index is 0.00926. The van der Waals surface area contributed by atoms with Gasteiger partial charge in [-0.05, 0) is 5.92 Å². The van der Waals surface area contributed by atoms with Gasteiger partial charge in [0.15, 0.2) is 0 Å². The minimum atomic E-state index is -1.16. The van der Waals surface area contributed by atoms with E-state index in [4.69, 9.17) is 5.73 Å². The number of carbonyl (C=O) groups excluding carboxylic acids is 1. The smallest absolute Gasteiger partial charge is 0.0584 e. The first kappa shape index (κ1) is 8.43. The van der Waals surface area contributed by atoms with Crippen LogP contribution in [-0.4, -0.2) is 12.0 Å². The van der Waals surface area contributed by atoms with E-state index in [0.717, 1.165) is 6.42 Å². The summed E-state index contributed by atoms with van der Waals surface area (Å²) in [6.45, 7) is 3.69. The van der Waals surface area contributed by atoms with Crippen LogP contribution >= 0.6 is 0 Å². The molecule has 0 amide bonds. The van der Waals surface area contributed by atoms with Gasteiger partial charge in [-0.3, -0.25) is 0 Å². The molecule has 0 spiro atoms. The Labute approximate surface area is 54.9 Å². The highest BCUT2D eigenvalue weighted by molar-refractivity contribution is 5.71. The largest absolute Gasteiger partial charge is 0.548 e. The lowest BCUT2D eigenvalue weighted by atomic mass is 10.0. The van der Waals surface area contributed by atoms with Gasteiger partial charge in [0, 0.05) is 6.04 Å². The Hall–Kier alpha value is -0.570. The second-order valence-corrected chi connectivity index (χ2v) is 2.23. The molecule has 0 aromatic carbocycles. The van der Waals surface area contributed by atoms with Gasteiger partial charge in [0.2, 0.25) is 0 Å². The van der Waals surface area contributed by atoms with Crippen LogP contribution in [0.1, 0.15) is 20.3 Å². The summed E-state index contributed by atoms with van der Waals surface area (Å²) in [6, 6.07) is -0.810. The van der Waals surface area contributed by atoms with E-state index in [0.29, 0.717) is 0 Å². The quantitative estimate of drug-likeness (QED) is 0.539. The summed E-state index contributed by atoms with van der Waals surface area (Å²) in [5, 5.41) is 10.1. The van der Waals surface area contributed by atoms with Gasteiger partial charge in [-0.15, -0.1) is 0 Å². The Morgan fingerprint density at radius 1 is 1.78 bits per heavy atom. The van der Waals surface area contributed by atoms with Gasteiger partial charge in [0.25, 0.3) is 0 Å². The van der Waals surface area contributed by atoms with E-state index in [-0.39, 0.29) is 5.92 Å². The van der Waals surface area contributed by atoms with Gasteiger partial charge >= 0.3 is 0 Å². The summed E-state index contributed by atoms with van der Waals surface area (Å²) < 4.78 is 0. The molecule has 54 valence electrons. The van der Waals surface area contributed by atoms with Crippen LogP contribution in [0, 0.1) is 5.92 Å². The molecule has 0 aliphatic rings. The van der Waals surface area contributed by atoms with Crippen molar-refractivity contribution in [1.82, 2.24) is 0 Å². The van der Waals surface area contributed by atoms with Crippen LogP contribution in [0.25, 0.3) is 0 Å². The highest BCUT2D eigenvalue weighted by atomic mass is 16.4. The van der Waals surface area contributed by atoms with Crippen LogP contribution < -0.4 is 10.8 Å². The van der Waals surface area contributed by atoms with Crippen LogP contribution in [0.4, 0.5) is 0 Å². The summed E-state index contributed by atoms with van der Waals surface area (Å²) in [4.78, 5) is 10.1. The van der Waals surface area contributed by atoms with E-state index < -0.39 is 12.0 Å². The van der Waals surface area contributed by atoms with Crippen molar-refractivity contribution < 1.29 is 9.90 Å². The predicted octanol–water partition coefficient (Wildman–Crippen LogP) is -0.890. The molecule has 0 aliphatic carbocycles. The number of rotatable bonds is 3. The van der Waals surface area contributed by atoms with Crippen LogP contribution in [0.5, 0.6) is 0 Å². The van der Waals surface area contributed by atoms with Crippen molar-refractivity contribution in [3.05, 3.63) is 0 Å². The van der Waals surface area contributed by atoms with Gasteiger partial charge in [0.1, 0.15) is 0 Å². The molecule has 9 heavy (non-hydrogen) atoms. The fourth-order valence-corrected chi connectivity index (χ4v) is 0.486. The van der Waals surface area contributed by atoms with E-state index >= 15 is 0 Å². The second-order valence-electron chi connectivity index (χ2n) is 2.23. The van der Waals surface area contributed by atoms with Crippen LogP contribution in [0.2, 0.25) is 0 Å². The van der Waals surface area contributed by atoms with Crippen LogP contribution in [-0.2, 0) is 4.79 Å². The highest BCUT2D eigenvalue weighted by Crippen LogP contribution is 2.03.